The van der Waals surface area contributed by atoms with Gasteiger partial charge >= 0.3 is 0 Å². The molecule has 2 aromatic carbocycles. The van der Waals surface area contributed by atoms with Crippen LogP contribution >= 0.6 is 0 Å². The van der Waals surface area contributed by atoms with Crippen molar-refractivity contribution in [3.63, 3.8) is 0 Å². The topological polar surface area (TPSA) is 117 Å². The molecule has 0 unspecified atom stereocenters. The first kappa shape index (κ1) is 22.1. The van der Waals surface area contributed by atoms with Crippen LogP contribution in [0, 0.1) is 0 Å². The summed E-state index contributed by atoms with van der Waals surface area (Å²) < 4.78 is 32.0. The average molecular weight is 456 g/mol. The molecule has 2 N–H and O–H groups in total. The first-order valence-corrected chi connectivity index (χ1v) is 11.8. The number of carbonyl (C=O) groups excluding carboxylic acids is 1. The Hall–Kier alpha value is -3.08. The summed E-state index contributed by atoms with van der Waals surface area (Å²) in [7, 11) is -3.52. The lowest BCUT2D eigenvalue weighted by atomic mass is 10.1. The van der Waals surface area contributed by atoms with Gasteiger partial charge in [-0.2, -0.15) is 9.41 Å². The molecule has 0 spiro atoms. The van der Waals surface area contributed by atoms with Crippen LogP contribution in [0.25, 0.3) is 11.0 Å². The number of sulfonamides is 1. The number of H-pyrrole nitrogens is 1. The van der Waals surface area contributed by atoms with Crippen LogP contribution in [0.3, 0.4) is 0 Å². The zero-order valence-electron chi connectivity index (χ0n) is 17.7. The van der Waals surface area contributed by atoms with E-state index in [0.717, 1.165) is 16.6 Å². The second-order valence-electron chi connectivity index (χ2n) is 7.50. The van der Waals surface area contributed by atoms with Gasteiger partial charge in [-0.05, 0) is 43.2 Å². The van der Waals surface area contributed by atoms with Gasteiger partial charge in [-0.1, -0.05) is 24.3 Å². The fourth-order valence-corrected chi connectivity index (χ4v) is 4.81. The maximum absolute atomic E-state index is 12.7. The number of hydrogen-bond donors (Lipinski definition) is 2. The van der Waals surface area contributed by atoms with Crippen LogP contribution in [0.15, 0.2) is 58.5 Å². The van der Waals surface area contributed by atoms with Gasteiger partial charge in [-0.15, -0.1) is 0 Å². The van der Waals surface area contributed by atoms with Crippen molar-refractivity contribution in [1.82, 2.24) is 19.7 Å². The molecule has 10 heteroatoms. The van der Waals surface area contributed by atoms with Gasteiger partial charge in [-0.3, -0.25) is 4.79 Å². The Morgan fingerprint density at radius 1 is 1.16 bits per heavy atom. The highest BCUT2D eigenvalue weighted by Gasteiger charge is 2.26. The maximum atomic E-state index is 12.7. The Bertz CT molecular complexity index is 1200. The van der Waals surface area contributed by atoms with Gasteiger partial charge in [0.15, 0.2) is 5.82 Å². The van der Waals surface area contributed by atoms with Crippen molar-refractivity contribution < 1.29 is 17.9 Å². The van der Waals surface area contributed by atoms with Crippen LogP contribution in [0.5, 0.6) is 0 Å². The highest BCUT2D eigenvalue weighted by Crippen LogP contribution is 2.18. The lowest BCUT2D eigenvalue weighted by Gasteiger charge is -2.26. The first-order chi connectivity index (χ1) is 15.4. The van der Waals surface area contributed by atoms with Crippen molar-refractivity contribution in [1.29, 1.82) is 0 Å². The van der Waals surface area contributed by atoms with Crippen molar-refractivity contribution in [2.24, 2.45) is 5.10 Å². The number of morpholine rings is 1. The highest BCUT2D eigenvalue weighted by molar-refractivity contribution is 7.89. The van der Waals surface area contributed by atoms with E-state index in [-0.39, 0.29) is 17.2 Å². The third kappa shape index (κ3) is 5.04. The summed E-state index contributed by atoms with van der Waals surface area (Å²) in [6, 6.07) is 14.3. The predicted molar refractivity (Wildman–Crippen MR) is 121 cm³/mol. The molecule has 2 heterocycles. The average Bonchev–Trinajstić information content (AvgIpc) is 3.26. The highest BCUT2D eigenvalue weighted by atomic mass is 32.2. The minimum atomic E-state index is -3.52. The number of aryl methyl sites for hydroxylation is 1. The van der Waals surface area contributed by atoms with Crippen LogP contribution in [0.4, 0.5) is 0 Å². The van der Waals surface area contributed by atoms with Crippen molar-refractivity contribution >= 4 is 32.7 Å². The number of nitrogens with one attached hydrogen (secondary N) is 2. The lowest BCUT2D eigenvalue weighted by Crippen LogP contribution is -2.40. The Morgan fingerprint density at radius 3 is 2.59 bits per heavy atom. The summed E-state index contributed by atoms with van der Waals surface area (Å²) in [5.41, 5.74) is 5.74. The lowest BCUT2D eigenvalue weighted by molar-refractivity contribution is -0.121. The second-order valence-corrected chi connectivity index (χ2v) is 9.43. The molecule has 9 nitrogen and oxygen atoms in total. The molecule has 0 radical (unpaired) electrons. The molecule has 4 rings (SSSR count). The smallest absolute Gasteiger partial charge is 0.243 e. The number of carbonyl (C=O) groups is 1. The van der Waals surface area contributed by atoms with Crippen molar-refractivity contribution in [2.75, 3.05) is 26.3 Å². The normalized spacial score (nSPS) is 15.7. The number of hydrogen-bond acceptors (Lipinski definition) is 6. The first-order valence-electron chi connectivity index (χ1n) is 10.4. The van der Waals surface area contributed by atoms with E-state index in [4.69, 9.17) is 4.74 Å². The van der Waals surface area contributed by atoms with Crippen molar-refractivity contribution in [3.05, 3.63) is 59.9 Å². The van der Waals surface area contributed by atoms with E-state index in [0.29, 0.717) is 44.3 Å². The molecule has 168 valence electrons. The second kappa shape index (κ2) is 9.60. The van der Waals surface area contributed by atoms with E-state index < -0.39 is 10.0 Å². The molecule has 1 fully saturated rings. The number of aromatic nitrogens is 2. The molecule has 1 aromatic heterocycles. The number of fused-ring (bicyclic) bond motifs is 1. The molecule has 1 aliphatic rings. The van der Waals surface area contributed by atoms with E-state index in [1.54, 1.807) is 31.2 Å². The summed E-state index contributed by atoms with van der Waals surface area (Å²) in [6.45, 7) is 3.30. The zero-order chi connectivity index (χ0) is 22.6. The molecule has 1 amide bonds. The number of ether oxygens (including phenoxy) is 1. The van der Waals surface area contributed by atoms with E-state index in [1.807, 2.05) is 24.3 Å². The molecule has 0 atom stereocenters. The van der Waals surface area contributed by atoms with Crippen molar-refractivity contribution in [2.45, 2.75) is 24.7 Å². The Kier molecular flexibility index (Phi) is 6.63. The van der Waals surface area contributed by atoms with Gasteiger partial charge in [0.25, 0.3) is 0 Å². The van der Waals surface area contributed by atoms with E-state index in [1.165, 1.54) is 4.31 Å². The third-order valence-corrected chi connectivity index (χ3v) is 7.17. The molecule has 32 heavy (non-hydrogen) atoms. The summed E-state index contributed by atoms with van der Waals surface area (Å²) >= 11 is 0. The fourth-order valence-electron chi connectivity index (χ4n) is 3.40. The number of para-hydroxylation sites is 2. The van der Waals surface area contributed by atoms with Gasteiger partial charge in [0.2, 0.25) is 15.9 Å². The SMILES string of the molecule is C/C(=N\NC(=O)CCc1ccc(S(=O)(=O)N2CCOCC2)cc1)c1nc2ccccc2[nH]1. The quantitative estimate of drug-likeness (QED) is 0.418. The van der Waals surface area contributed by atoms with Gasteiger partial charge < -0.3 is 9.72 Å². The third-order valence-electron chi connectivity index (χ3n) is 5.25. The molecule has 1 aliphatic heterocycles. The maximum Gasteiger partial charge on any atom is 0.243 e. The number of aromatic amines is 1. The molecular formula is C22H25N5O4S. The van der Waals surface area contributed by atoms with Crippen LogP contribution in [0.2, 0.25) is 0 Å². The van der Waals surface area contributed by atoms with E-state index >= 15 is 0 Å². The van der Waals surface area contributed by atoms with E-state index in [9.17, 15) is 13.2 Å². The van der Waals surface area contributed by atoms with Crippen LogP contribution in [-0.2, 0) is 26.0 Å². The Balaban J connectivity index is 1.31. The van der Waals surface area contributed by atoms with Gasteiger partial charge in [-0.25, -0.2) is 18.8 Å². The minimum Gasteiger partial charge on any atom is -0.379 e. The largest absolute Gasteiger partial charge is 0.379 e. The number of hydrazone groups is 1. The fraction of sp³-hybridized carbons (Fsp3) is 0.318. The number of benzene rings is 2. The molecule has 0 aliphatic carbocycles. The summed E-state index contributed by atoms with van der Waals surface area (Å²) in [6.07, 6.45) is 0.704. The molecule has 0 bridgehead atoms. The molecular weight excluding hydrogens is 430 g/mol. The molecule has 1 saturated heterocycles. The van der Waals surface area contributed by atoms with Gasteiger partial charge in [0, 0.05) is 19.5 Å². The Labute approximate surface area is 186 Å². The van der Waals surface area contributed by atoms with Crippen LogP contribution in [-0.4, -0.2) is 60.6 Å². The zero-order valence-corrected chi connectivity index (χ0v) is 18.6. The van der Waals surface area contributed by atoms with Crippen LogP contribution in [0.1, 0.15) is 24.7 Å². The van der Waals surface area contributed by atoms with Gasteiger partial charge in [0.05, 0.1) is 29.1 Å². The Morgan fingerprint density at radius 2 is 1.88 bits per heavy atom. The number of rotatable bonds is 7. The molecule has 0 saturated carbocycles. The summed E-state index contributed by atoms with van der Waals surface area (Å²) in [5, 5.41) is 4.13. The molecule has 3 aromatic rings. The van der Waals surface area contributed by atoms with Crippen LogP contribution < -0.4 is 5.43 Å². The standard InChI is InChI=1S/C22H25N5O4S/c1-16(22-23-19-4-2-3-5-20(19)24-22)25-26-21(28)11-8-17-6-9-18(10-7-17)32(29,30)27-12-14-31-15-13-27/h2-7,9-10H,8,11-15H2,1H3,(H,23,24)(H,26,28)/b25-16+. The van der Waals surface area contributed by atoms with Crippen molar-refractivity contribution in [3.8, 4) is 0 Å². The number of imidazole rings is 1. The summed E-state index contributed by atoms with van der Waals surface area (Å²) in [5.74, 6) is 0.369. The van der Waals surface area contributed by atoms with E-state index in [2.05, 4.69) is 20.5 Å². The monoisotopic (exact) mass is 455 g/mol. The minimum absolute atomic E-state index is 0.229. The summed E-state index contributed by atoms with van der Waals surface area (Å²) in [4.78, 5) is 20.1. The number of nitrogens with zero attached hydrogens (tertiary/aromatic N) is 3. The van der Waals surface area contributed by atoms with Gasteiger partial charge in [0.1, 0.15) is 5.71 Å². The number of amides is 1. The predicted octanol–water partition coefficient (Wildman–Crippen LogP) is 2.06.